The van der Waals surface area contributed by atoms with Crippen molar-refractivity contribution >= 4 is 16.9 Å². The maximum Gasteiger partial charge on any atom is 0.340 e. The van der Waals surface area contributed by atoms with E-state index in [0.29, 0.717) is 17.3 Å². The molecule has 1 aromatic rings. The van der Waals surface area contributed by atoms with Crippen molar-refractivity contribution in [1.29, 1.82) is 0 Å². The van der Waals surface area contributed by atoms with Crippen molar-refractivity contribution in [3.05, 3.63) is 35.9 Å². The van der Waals surface area contributed by atoms with Crippen molar-refractivity contribution in [3.8, 4) is 0 Å². The lowest BCUT2D eigenvalue weighted by molar-refractivity contribution is -0.242. The van der Waals surface area contributed by atoms with Crippen molar-refractivity contribution in [2.24, 2.45) is 0 Å². The molecule has 0 amide bonds. The van der Waals surface area contributed by atoms with Crippen LogP contribution in [0, 0.1) is 0 Å². The summed E-state index contributed by atoms with van der Waals surface area (Å²) in [6, 6.07) is 7.85. The lowest BCUT2D eigenvalue weighted by Gasteiger charge is -2.28. The third kappa shape index (κ3) is 4.66. The molecule has 22 heavy (non-hydrogen) atoms. The largest absolute Gasteiger partial charge is 0.340 e. The number of benzene rings is 1. The molecule has 1 nitrogen and oxygen atoms in total. The second-order valence-corrected chi connectivity index (χ2v) is 5.59. The summed E-state index contributed by atoms with van der Waals surface area (Å²) < 4.78 is 77.7. The smallest absolute Gasteiger partial charge is 0.282 e. The predicted molar refractivity (Wildman–Crippen MR) is 73.2 cm³/mol. The first-order valence-corrected chi connectivity index (χ1v) is 7.39. The zero-order chi connectivity index (χ0) is 16.8. The van der Waals surface area contributed by atoms with E-state index < -0.39 is 42.6 Å². The summed E-state index contributed by atoms with van der Waals surface area (Å²) in [5.74, 6) is -10.1. The van der Waals surface area contributed by atoms with Crippen LogP contribution in [0.1, 0.15) is 23.2 Å². The number of hydrogen-bond acceptors (Lipinski definition) is 2. The van der Waals surface area contributed by atoms with E-state index in [1.54, 1.807) is 18.2 Å². The van der Waals surface area contributed by atoms with Crippen LogP contribution >= 0.6 is 11.8 Å². The van der Waals surface area contributed by atoms with Gasteiger partial charge in [-0.05, 0) is 6.42 Å². The fourth-order valence-electron chi connectivity index (χ4n) is 1.61. The standard InChI is InChI=1S/C14H14F6OS/c15-8-7-13(17,18)14(19,20)11(16)6-9-22-12(21)10-4-2-1-3-5-10/h1-5,11H,6-9H2. The zero-order valence-corrected chi connectivity index (χ0v) is 12.2. The monoisotopic (exact) mass is 344 g/mol. The lowest BCUT2D eigenvalue weighted by atomic mass is 10.0. The molecule has 0 aliphatic rings. The predicted octanol–water partition coefficient (Wildman–Crippen LogP) is 4.92. The first-order valence-electron chi connectivity index (χ1n) is 6.40. The molecule has 0 radical (unpaired) electrons. The molecular weight excluding hydrogens is 330 g/mol. The Morgan fingerprint density at radius 3 is 2.27 bits per heavy atom. The van der Waals surface area contributed by atoms with E-state index in [2.05, 4.69) is 0 Å². The molecule has 1 unspecified atom stereocenters. The molecule has 0 aliphatic carbocycles. The second kappa shape index (κ2) is 7.89. The van der Waals surface area contributed by atoms with Crippen LogP contribution in [0.2, 0.25) is 0 Å². The fraction of sp³-hybridized carbons (Fsp3) is 0.500. The maximum absolute atomic E-state index is 13.4. The topological polar surface area (TPSA) is 17.1 Å². The molecule has 124 valence electrons. The first-order chi connectivity index (χ1) is 10.2. The van der Waals surface area contributed by atoms with Gasteiger partial charge in [0.25, 0.3) is 0 Å². The Balaban J connectivity index is 2.52. The zero-order valence-electron chi connectivity index (χ0n) is 11.4. The van der Waals surface area contributed by atoms with Gasteiger partial charge in [-0.25, -0.2) is 4.39 Å². The molecule has 0 saturated carbocycles. The number of alkyl halides is 6. The summed E-state index contributed by atoms with van der Waals surface area (Å²) in [6.45, 7) is -1.67. The number of hydrogen-bond donors (Lipinski definition) is 0. The number of carbonyl (C=O) groups is 1. The number of halogens is 6. The van der Waals surface area contributed by atoms with E-state index >= 15 is 0 Å². The quantitative estimate of drug-likeness (QED) is 0.623. The summed E-state index contributed by atoms with van der Waals surface area (Å²) in [6.07, 6.45) is -5.82. The van der Waals surface area contributed by atoms with Crippen molar-refractivity contribution in [2.75, 3.05) is 12.4 Å². The first kappa shape index (κ1) is 18.9. The van der Waals surface area contributed by atoms with Crippen LogP contribution in [0.15, 0.2) is 30.3 Å². The van der Waals surface area contributed by atoms with Gasteiger partial charge >= 0.3 is 11.8 Å². The van der Waals surface area contributed by atoms with Gasteiger partial charge in [-0.3, -0.25) is 9.18 Å². The van der Waals surface area contributed by atoms with Crippen LogP contribution < -0.4 is 0 Å². The van der Waals surface area contributed by atoms with E-state index in [4.69, 9.17) is 0 Å². The van der Waals surface area contributed by atoms with Crippen molar-refractivity contribution in [3.63, 3.8) is 0 Å². The number of carbonyl (C=O) groups excluding carboxylic acids is 1. The van der Waals surface area contributed by atoms with Gasteiger partial charge in [0, 0.05) is 17.7 Å². The Bertz CT molecular complexity index is 479. The summed E-state index contributed by atoms with van der Waals surface area (Å²) >= 11 is 0.567. The van der Waals surface area contributed by atoms with E-state index in [9.17, 15) is 31.1 Å². The lowest BCUT2D eigenvalue weighted by Crippen LogP contribution is -2.48. The molecule has 0 aromatic heterocycles. The van der Waals surface area contributed by atoms with Crippen LogP contribution in [0.25, 0.3) is 0 Å². The van der Waals surface area contributed by atoms with Gasteiger partial charge < -0.3 is 0 Å². The minimum absolute atomic E-state index is 0.303. The molecule has 0 saturated heterocycles. The molecule has 0 N–H and O–H groups in total. The van der Waals surface area contributed by atoms with Crippen LogP contribution in [-0.2, 0) is 0 Å². The molecule has 1 atom stereocenters. The summed E-state index contributed by atoms with van der Waals surface area (Å²) in [5, 5.41) is -0.466. The molecule has 0 fully saturated rings. The highest BCUT2D eigenvalue weighted by Gasteiger charge is 2.60. The third-order valence-electron chi connectivity index (χ3n) is 2.90. The summed E-state index contributed by atoms with van der Waals surface area (Å²) in [7, 11) is 0. The highest BCUT2D eigenvalue weighted by molar-refractivity contribution is 8.14. The SMILES string of the molecule is O=C(SCCC(F)C(F)(F)C(F)(F)CCF)c1ccccc1. The molecule has 0 aliphatic heterocycles. The molecule has 0 heterocycles. The average molecular weight is 344 g/mol. The van der Waals surface area contributed by atoms with Crippen molar-refractivity contribution in [1.82, 2.24) is 0 Å². The molecular formula is C14H14F6OS. The second-order valence-electron chi connectivity index (χ2n) is 4.52. The van der Waals surface area contributed by atoms with Crippen molar-refractivity contribution in [2.45, 2.75) is 30.9 Å². The van der Waals surface area contributed by atoms with Crippen LogP contribution in [-0.4, -0.2) is 35.6 Å². The molecule has 8 heteroatoms. The van der Waals surface area contributed by atoms with Crippen LogP contribution in [0.4, 0.5) is 26.3 Å². The Hall–Kier alpha value is -1.18. The number of rotatable bonds is 8. The minimum atomic E-state index is -4.96. The molecule has 0 bridgehead atoms. The molecule has 1 aromatic carbocycles. The normalized spacial score (nSPS) is 13.9. The van der Waals surface area contributed by atoms with E-state index in [1.807, 2.05) is 0 Å². The Morgan fingerprint density at radius 1 is 1.14 bits per heavy atom. The Morgan fingerprint density at radius 2 is 1.73 bits per heavy atom. The fourth-order valence-corrected chi connectivity index (χ4v) is 2.42. The highest BCUT2D eigenvalue weighted by Crippen LogP contribution is 2.42. The number of thioether (sulfide) groups is 1. The van der Waals surface area contributed by atoms with Crippen LogP contribution in [0.5, 0.6) is 0 Å². The Labute approximate surface area is 128 Å². The van der Waals surface area contributed by atoms with Crippen molar-refractivity contribution < 1.29 is 31.1 Å². The minimum Gasteiger partial charge on any atom is -0.282 e. The van der Waals surface area contributed by atoms with E-state index in [0.717, 1.165) is 0 Å². The van der Waals surface area contributed by atoms with E-state index in [1.165, 1.54) is 12.1 Å². The van der Waals surface area contributed by atoms with Gasteiger partial charge in [-0.2, -0.15) is 17.6 Å². The molecule has 1 rings (SSSR count). The summed E-state index contributed by atoms with van der Waals surface area (Å²) in [4.78, 5) is 11.6. The molecule has 0 spiro atoms. The van der Waals surface area contributed by atoms with E-state index in [-0.39, 0.29) is 5.75 Å². The van der Waals surface area contributed by atoms with Gasteiger partial charge in [0.2, 0.25) is 5.12 Å². The average Bonchev–Trinajstić information content (AvgIpc) is 2.47. The van der Waals surface area contributed by atoms with Gasteiger partial charge in [0.1, 0.15) is 0 Å². The maximum atomic E-state index is 13.4. The highest BCUT2D eigenvalue weighted by atomic mass is 32.2. The van der Waals surface area contributed by atoms with Gasteiger partial charge in [0.05, 0.1) is 6.67 Å². The van der Waals surface area contributed by atoms with Gasteiger partial charge in [-0.1, -0.05) is 42.1 Å². The third-order valence-corrected chi connectivity index (χ3v) is 3.84. The van der Waals surface area contributed by atoms with Crippen LogP contribution in [0.3, 0.4) is 0 Å². The van der Waals surface area contributed by atoms with Gasteiger partial charge in [-0.15, -0.1) is 0 Å². The Kier molecular flexibility index (Phi) is 6.77. The van der Waals surface area contributed by atoms with Gasteiger partial charge in [0.15, 0.2) is 6.17 Å². The summed E-state index contributed by atoms with van der Waals surface area (Å²) in [5.41, 5.74) is 0.303.